The number of nitrogens with zero attached hydrogens (tertiary/aromatic N) is 3. The van der Waals surface area contributed by atoms with Gasteiger partial charge in [0.2, 0.25) is 5.91 Å². The first-order valence-electron chi connectivity index (χ1n) is 6.63. The van der Waals surface area contributed by atoms with E-state index in [9.17, 15) is 14.0 Å². The van der Waals surface area contributed by atoms with Gasteiger partial charge in [0.25, 0.3) is 0 Å². The van der Waals surface area contributed by atoms with Crippen LogP contribution in [0, 0.1) is 12.7 Å². The number of nitrogens with one attached hydrogen (secondary N) is 1. The molecule has 0 aliphatic heterocycles. The molecular weight excluding hydrogens is 291 g/mol. The van der Waals surface area contributed by atoms with Crippen molar-refractivity contribution in [3.63, 3.8) is 0 Å². The molecule has 1 aromatic heterocycles. The number of carbonyl (C=O) groups is 2. The van der Waals surface area contributed by atoms with Crippen LogP contribution in [0.3, 0.4) is 0 Å². The lowest BCUT2D eigenvalue weighted by molar-refractivity contribution is -0.117. The Morgan fingerprint density at radius 1 is 1.41 bits per heavy atom. The number of amides is 1. The smallest absolute Gasteiger partial charge is 0.360 e. The summed E-state index contributed by atoms with van der Waals surface area (Å²) in [6.07, 6.45) is 1.29. The molecule has 1 aromatic carbocycles. The molecule has 1 amide bonds. The Hall–Kier alpha value is -2.77. The van der Waals surface area contributed by atoms with Crippen molar-refractivity contribution >= 4 is 17.6 Å². The van der Waals surface area contributed by atoms with E-state index in [4.69, 9.17) is 4.74 Å². The van der Waals surface area contributed by atoms with Gasteiger partial charge in [0.15, 0.2) is 5.69 Å². The van der Waals surface area contributed by atoms with Crippen molar-refractivity contribution in [3.8, 4) is 0 Å². The summed E-state index contributed by atoms with van der Waals surface area (Å²) in [5.41, 5.74) is 0.850. The van der Waals surface area contributed by atoms with Gasteiger partial charge in [-0.25, -0.2) is 13.9 Å². The van der Waals surface area contributed by atoms with Crippen LogP contribution in [0.15, 0.2) is 24.4 Å². The van der Waals surface area contributed by atoms with Crippen molar-refractivity contribution in [1.29, 1.82) is 0 Å². The predicted octanol–water partition coefficient (Wildman–Crippen LogP) is 1.54. The fourth-order valence-electron chi connectivity index (χ4n) is 1.73. The summed E-state index contributed by atoms with van der Waals surface area (Å²) in [5.74, 6) is -1.61. The van der Waals surface area contributed by atoms with Gasteiger partial charge in [-0.15, -0.1) is 5.10 Å². The lowest BCUT2D eigenvalue weighted by Crippen LogP contribution is -2.19. The summed E-state index contributed by atoms with van der Waals surface area (Å²) in [7, 11) is 0. The maximum Gasteiger partial charge on any atom is 0.360 e. The molecule has 0 bridgehead atoms. The molecule has 0 atom stereocenters. The van der Waals surface area contributed by atoms with Crippen molar-refractivity contribution in [3.05, 3.63) is 41.5 Å². The number of esters is 1. The highest BCUT2D eigenvalue weighted by molar-refractivity contribution is 5.91. The average molecular weight is 306 g/mol. The highest BCUT2D eigenvalue weighted by atomic mass is 19.1. The fourth-order valence-corrected chi connectivity index (χ4v) is 1.73. The van der Waals surface area contributed by atoms with Gasteiger partial charge >= 0.3 is 5.97 Å². The van der Waals surface area contributed by atoms with Gasteiger partial charge in [0.1, 0.15) is 12.4 Å². The standard InChI is InChI=1S/C14H15FN4O3/c1-3-22-14(21)12-7-19(18-17-12)8-13(20)16-11-5-4-9(2)6-10(11)15/h4-7H,3,8H2,1-2H3,(H,16,20). The zero-order chi connectivity index (χ0) is 16.1. The Labute approximate surface area is 126 Å². The van der Waals surface area contributed by atoms with E-state index in [2.05, 4.69) is 15.6 Å². The summed E-state index contributed by atoms with van der Waals surface area (Å²) >= 11 is 0. The van der Waals surface area contributed by atoms with Crippen LogP contribution in [0.2, 0.25) is 0 Å². The Balaban J connectivity index is 1.99. The molecular formula is C14H15FN4O3. The number of aryl methyl sites for hydroxylation is 1. The van der Waals surface area contributed by atoms with Crippen molar-refractivity contribution in [2.24, 2.45) is 0 Å². The van der Waals surface area contributed by atoms with E-state index in [1.54, 1.807) is 19.9 Å². The summed E-state index contributed by atoms with van der Waals surface area (Å²) in [5, 5.41) is 9.69. The third-order valence-electron chi connectivity index (χ3n) is 2.73. The predicted molar refractivity (Wildman–Crippen MR) is 75.7 cm³/mol. The van der Waals surface area contributed by atoms with Crippen LogP contribution in [0.25, 0.3) is 0 Å². The van der Waals surface area contributed by atoms with Gasteiger partial charge in [-0.05, 0) is 31.5 Å². The largest absolute Gasteiger partial charge is 0.461 e. The molecule has 0 aliphatic carbocycles. The SMILES string of the molecule is CCOC(=O)c1cn(CC(=O)Nc2ccc(C)cc2F)nn1. The first-order valence-corrected chi connectivity index (χ1v) is 6.63. The number of aromatic nitrogens is 3. The number of ether oxygens (including phenoxy) is 1. The molecule has 22 heavy (non-hydrogen) atoms. The quantitative estimate of drug-likeness (QED) is 0.847. The third-order valence-corrected chi connectivity index (χ3v) is 2.73. The molecule has 0 saturated carbocycles. The molecule has 0 unspecified atom stereocenters. The molecule has 2 rings (SSSR count). The Morgan fingerprint density at radius 3 is 2.86 bits per heavy atom. The molecule has 8 heteroatoms. The van der Waals surface area contributed by atoms with Crippen molar-refractivity contribution < 1.29 is 18.7 Å². The van der Waals surface area contributed by atoms with Gasteiger partial charge < -0.3 is 10.1 Å². The van der Waals surface area contributed by atoms with Gasteiger partial charge in [0, 0.05) is 0 Å². The Bertz CT molecular complexity index is 699. The van der Waals surface area contributed by atoms with Gasteiger partial charge in [0.05, 0.1) is 18.5 Å². The van der Waals surface area contributed by atoms with Crippen LogP contribution in [0.1, 0.15) is 23.0 Å². The van der Waals surface area contributed by atoms with E-state index >= 15 is 0 Å². The van der Waals surface area contributed by atoms with Crippen molar-refractivity contribution in [2.45, 2.75) is 20.4 Å². The minimum absolute atomic E-state index is 0.0103. The fraction of sp³-hybridized carbons (Fsp3) is 0.286. The first-order chi connectivity index (χ1) is 10.5. The molecule has 1 N–H and O–H groups in total. The Kier molecular flexibility index (Phi) is 4.82. The second-order valence-electron chi connectivity index (χ2n) is 4.55. The monoisotopic (exact) mass is 306 g/mol. The number of carbonyl (C=O) groups excluding carboxylic acids is 2. The second-order valence-corrected chi connectivity index (χ2v) is 4.55. The lowest BCUT2D eigenvalue weighted by atomic mass is 10.2. The normalized spacial score (nSPS) is 10.3. The third kappa shape index (κ3) is 3.87. The minimum Gasteiger partial charge on any atom is -0.461 e. The molecule has 7 nitrogen and oxygen atoms in total. The number of rotatable bonds is 5. The van der Waals surface area contributed by atoms with Crippen LogP contribution in [-0.2, 0) is 16.1 Å². The van der Waals surface area contributed by atoms with E-state index in [-0.39, 0.29) is 24.5 Å². The van der Waals surface area contributed by atoms with Gasteiger partial charge in [-0.2, -0.15) is 0 Å². The molecule has 0 aliphatic rings. The molecule has 116 valence electrons. The minimum atomic E-state index is -0.612. The molecule has 1 heterocycles. The maximum absolute atomic E-state index is 13.6. The van der Waals surface area contributed by atoms with Crippen LogP contribution in [0.4, 0.5) is 10.1 Å². The second kappa shape index (κ2) is 6.79. The molecule has 0 saturated heterocycles. The summed E-state index contributed by atoms with van der Waals surface area (Å²) in [6.45, 7) is 3.45. The molecule has 2 aromatic rings. The summed E-state index contributed by atoms with van der Waals surface area (Å²) in [4.78, 5) is 23.3. The van der Waals surface area contributed by atoms with Gasteiger partial charge in [-0.1, -0.05) is 11.3 Å². The Morgan fingerprint density at radius 2 is 2.18 bits per heavy atom. The summed E-state index contributed by atoms with van der Waals surface area (Å²) < 4.78 is 19.6. The maximum atomic E-state index is 13.6. The van der Waals surface area contributed by atoms with E-state index in [1.165, 1.54) is 23.0 Å². The number of halogens is 1. The number of hydrogen-bond donors (Lipinski definition) is 1. The molecule has 0 radical (unpaired) electrons. The van der Waals surface area contributed by atoms with Crippen LogP contribution in [-0.4, -0.2) is 33.5 Å². The molecule has 0 spiro atoms. The summed E-state index contributed by atoms with van der Waals surface area (Å²) in [6, 6.07) is 4.49. The van der Waals surface area contributed by atoms with Crippen LogP contribution >= 0.6 is 0 Å². The van der Waals surface area contributed by atoms with Crippen molar-refractivity contribution in [2.75, 3.05) is 11.9 Å². The van der Waals surface area contributed by atoms with E-state index in [0.29, 0.717) is 0 Å². The number of anilines is 1. The van der Waals surface area contributed by atoms with E-state index in [1.807, 2.05) is 0 Å². The van der Waals surface area contributed by atoms with Crippen LogP contribution in [0.5, 0.6) is 0 Å². The van der Waals surface area contributed by atoms with Crippen molar-refractivity contribution in [1.82, 2.24) is 15.0 Å². The average Bonchev–Trinajstić information content (AvgIpc) is 2.91. The topological polar surface area (TPSA) is 86.1 Å². The van der Waals surface area contributed by atoms with E-state index < -0.39 is 17.7 Å². The van der Waals surface area contributed by atoms with E-state index in [0.717, 1.165) is 5.56 Å². The zero-order valence-corrected chi connectivity index (χ0v) is 12.2. The lowest BCUT2D eigenvalue weighted by Gasteiger charge is -2.06. The number of benzene rings is 1. The van der Waals surface area contributed by atoms with Crippen LogP contribution < -0.4 is 5.32 Å². The molecule has 0 fully saturated rings. The highest BCUT2D eigenvalue weighted by Gasteiger charge is 2.14. The number of hydrogen-bond acceptors (Lipinski definition) is 5. The zero-order valence-electron chi connectivity index (χ0n) is 12.2. The first kappa shape index (κ1) is 15.6. The highest BCUT2D eigenvalue weighted by Crippen LogP contribution is 2.15. The van der Waals surface area contributed by atoms with Gasteiger partial charge in [-0.3, -0.25) is 4.79 Å².